The van der Waals surface area contributed by atoms with Gasteiger partial charge < -0.3 is 10.4 Å². The molecule has 88 valence electrons. The number of carboxylic acid groups (broad SMARTS) is 1. The van der Waals surface area contributed by atoms with Gasteiger partial charge in [-0.2, -0.15) is 13.2 Å². The molecule has 2 N–H and O–H groups in total. The molecule has 16 heavy (non-hydrogen) atoms. The van der Waals surface area contributed by atoms with Crippen molar-refractivity contribution in [2.45, 2.75) is 6.18 Å². The molecule has 0 aliphatic rings. The Morgan fingerprint density at radius 2 is 2.00 bits per heavy atom. The minimum absolute atomic E-state index is 0.0903. The average molecular weight is 318 g/mol. The number of anilines is 1. The fourth-order valence-electron chi connectivity index (χ4n) is 0.795. The van der Waals surface area contributed by atoms with E-state index >= 15 is 0 Å². The van der Waals surface area contributed by atoms with Crippen LogP contribution in [0.4, 0.5) is 18.9 Å². The molecule has 4 nitrogen and oxygen atoms in total. The molecule has 0 bridgehead atoms. The van der Waals surface area contributed by atoms with Crippen molar-refractivity contribution >= 4 is 44.8 Å². The van der Waals surface area contributed by atoms with Gasteiger partial charge in [0, 0.05) is 5.38 Å². The van der Waals surface area contributed by atoms with Gasteiger partial charge in [0.2, 0.25) is 0 Å². The number of carbonyl (C=O) groups excluding carboxylic acids is 1. The number of aromatic carboxylic acids is 1. The summed E-state index contributed by atoms with van der Waals surface area (Å²) in [4.78, 5) is 20.9. The van der Waals surface area contributed by atoms with E-state index in [2.05, 4.69) is 15.9 Å². The number of halogens is 4. The van der Waals surface area contributed by atoms with Crippen LogP contribution in [0.5, 0.6) is 0 Å². The van der Waals surface area contributed by atoms with E-state index in [1.54, 1.807) is 0 Å². The van der Waals surface area contributed by atoms with Gasteiger partial charge in [0.1, 0.15) is 4.88 Å². The summed E-state index contributed by atoms with van der Waals surface area (Å²) in [6.45, 7) is 0. The number of carbonyl (C=O) groups is 2. The van der Waals surface area contributed by atoms with Crippen LogP contribution in [0.3, 0.4) is 0 Å². The van der Waals surface area contributed by atoms with E-state index in [9.17, 15) is 22.8 Å². The summed E-state index contributed by atoms with van der Waals surface area (Å²) in [5.74, 6) is -3.62. The molecule has 0 aliphatic carbocycles. The lowest BCUT2D eigenvalue weighted by Gasteiger charge is -2.07. The highest BCUT2D eigenvalue weighted by Gasteiger charge is 2.39. The fourth-order valence-corrected chi connectivity index (χ4v) is 2.22. The van der Waals surface area contributed by atoms with Crippen LogP contribution in [0.2, 0.25) is 0 Å². The second-order valence-corrected chi connectivity index (χ2v) is 4.28. The summed E-state index contributed by atoms with van der Waals surface area (Å²) >= 11 is 3.55. The quantitative estimate of drug-likeness (QED) is 0.881. The standard InChI is InChI=1S/C7H3BrF3NO3S/c8-2-1-16-4(5(13)14)3(2)12-6(15)7(9,10)11/h1H,(H,12,15)(H,13,14). The van der Waals surface area contributed by atoms with E-state index in [-0.39, 0.29) is 15.0 Å². The molecule has 0 spiro atoms. The van der Waals surface area contributed by atoms with Crippen LogP contribution in [0.15, 0.2) is 9.85 Å². The Morgan fingerprint density at radius 3 is 2.44 bits per heavy atom. The molecule has 0 radical (unpaired) electrons. The van der Waals surface area contributed by atoms with E-state index < -0.39 is 18.1 Å². The topological polar surface area (TPSA) is 66.4 Å². The predicted octanol–water partition coefficient (Wildman–Crippen LogP) is 2.71. The maximum absolute atomic E-state index is 11.9. The molecule has 9 heteroatoms. The smallest absolute Gasteiger partial charge is 0.471 e. The zero-order valence-electron chi connectivity index (χ0n) is 7.26. The molecule has 1 heterocycles. The summed E-state index contributed by atoms with van der Waals surface area (Å²) in [7, 11) is 0. The Balaban J connectivity index is 3.02. The zero-order chi connectivity index (χ0) is 12.5. The van der Waals surface area contributed by atoms with Crippen molar-refractivity contribution in [1.82, 2.24) is 0 Å². The number of rotatable bonds is 2. The number of amides is 1. The monoisotopic (exact) mass is 317 g/mol. The molecule has 0 saturated heterocycles. The Hall–Kier alpha value is -1.09. The normalized spacial score (nSPS) is 11.2. The lowest BCUT2D eigenvalue weighted by Crippen LogP contribution is -2.30. The third-order valence-corrected chi connectivity index (χ3v) is 3.33. The second-order valence-electron chi connectivity index (χ2n) is 2.54. The molecule has 1 rings (SSSR count). The molecular formula is C7H3BrF3NO3S. The summed E-state index contributed by atoms with van der Waals surface area (Å²) < 4.78 is 35.9. The van der Waals surface area contributed by atoms with Gasteiger partial charge in [0.25, 0.3) is 0 Å². The highest BCUT2D eigenvalue weighted by Crippen LogP contribution is 2.33. The van der Waals surface area contributed by atoms with E-state index in [0.29, 0.717) is 11.3 Å². The van der Waals surface area contributed by atoms with Crippen LogP contribution in [-0.4, -0.2) is 23.2 Å². The highest BCUT2D eigenvalue weighted by atomic mass is 79.9. The number of hydrogen-bond donors (Lipinski definition) is 2. The van der Waals surface area contributed by atoms with Crippen molar-refractivity contribution in [3.8, 4) is 0 Å². The van der Waals surface area contributed by atoms with Crippen molar-refractivity contribution in [1.29, 1.82) is 0 Å². The molecule has 0 aliphatic heterocycles. The number of thiophene rings is 1. The Labute approximate surface area is 99.2 Å². The first kappa shape index (κ1) is 13.0. The van der Waals surface area contributed by atoms with Crippen LogP contribution >= 0.6 is 27.3 Å². The van der Waals surface area contributed by atoms with Crippen LogP contribution in [0, 0.1) is 0 Å². The maximum Gasteiger partial charge on any atom is 0.471 e. The molecule has 0 fully saturated rings. The summed E-state index contributed by atoms with van der Waals surface area (Å²) in [5.41, 5.74) is -0.389. The molecule has 1 amide bonds. The second kappa shape index (κ2) is 4.42. The number of alkyl halides is 3. The molecule has 1 aromatic heterocycles. The SMILES string of the molecule is O=C(O)c1scc(Br)c1NC(=O)C(F)(F)F. The molecule has 0 unspecified atom stereocenters. The molecule has 0 saturated carbocycles. The van der Waals surface area contributed by atoms with Gasteiger partial charge in [-0.15, -0.1) is 11.3 Å². The minimum atomic E-state index is -5.06. The summed E-state index contributed by atoms with van der Waals surface area (Å²) in [5, 5.41) is 11.4. The lowest BCUT2D eigenvalue weighted by atomic mass is 10.4. The van der Waals surface area contributed by atoms with Gasteiger partial charge in [-0.25, -0.2) is 4.79 Å². The van der Waals surface area contributed by atoms with Gasteiger partial charge in [0.15, 0.2) is 0 Å². The van der Waals surface area contributed by atoms with Crippen LogP contribution in [-0.2, 0) is 4.79 Å². The van der Waals surface area contributed by atoms with Gasteiger partial charge in [0.05, 0.1) is 10.2 Å². The van der Waals surface area contributed by atoms with E-state index in [1.165, 1.54) is 10.7 Å². The Kier molecular flexibility index (Phi) is 3.58. The molecule has 1 aromatic rings. The molecular weight excluding hydrogens is 315 g/mol. The van der Waals surface area contributed by atoms with E-state index in [4.69, 9.17) is 5.11 Å². The first-order chi connectivity index (χ1) is 7.23. The zero-order valence-corrected chi connectivity index (χ0v) is 9.66. The van der Waals surface area contributed by atoms with Gasteiger partial charge in [-0.3, -0.25) is 4.79 Å². The molecule has 0 atom stereocenters. The van der Waals surface area contributed by atoms with Gasteiger partial charge in [-0.1, -0.05) is 0 Å². The Bertz CT molecular complexity index is 443. The third kappa shape index (κ3) is 2.73. The average Bonchev–Trinajstić information content (AvgIpc) is 2.46. The number of nitrogens with one attached hydrogen (secondary N) is 1. The van der Waals surface area contributed by atoms with Crippen molar-refractivity contribution in [2.75, 3.05) is 5.32 Å². The first-order valence-corrected chi connectivity index (χ1v) is 5.29. The number of hydrogen-bond acceptors (Lipinski definition) is 3. The van der Waals surface area contributed by atoms with E-state index in [0.717, 1.165) is 0 Å². The summed E-state index contributed by atoms with van der Waals surface area (Å²) in [6.07, 6.45) is -5.06. The van der Waals surface area contributed by atoms with Crippen LogP contribution < -0.4 is 5.32 Å². The van der Waals surface area contributed by atoms with Crippen molar-refractivity contribution in [2.24, 2.45) is 0 Å². The minimum Gasteiger partial charge on any atom is -0.477 e. The Morgan fingerprint density at radius 1 is 1.44 bits per heavy atom. The summed E-state index contributed by atoms with van der Waals surface area (Å²) in [6, 6.07) is 0. The maximum atomic E-state index is 11.9. The molecule has 0 aromatic carbocycles. The largest absolute Gasteiger partial charge is 0.477 e. The highest BCUT2D eigenvalue weighted by molar-refractivity contribution is 9.10. The lowest BCUT2D eigenvalue weighted by molar-refractivity contribution is -0.167. The van der Waals surface area contributed by atoms with Gasteiger partial charge in [-0.05, 0) is 15.9 Å². The van der Waals surface area contributed by atoms with Crippen LogP contribution in [0.1, 0.15) is 9.67 Å². The third-order valence-electron chi connectivity index (χ3n) is 1.44. The van der Waals surface area contributed by atoms with Crippen LogP contribution in [0.25, 0.3) is 0 Å². The fraction of sp³-hybridized carbons (Fsp3) is 0.143. The van der Waals surface area contributed by atoms with Crippen molar-refractivity contribution in [3.63, 3.8) is 0 Å². The first-order valence-electron chi connectivity index (χ1n) is 3.62. The van der Waals surface area contributed by atoms with Crippen molar-refractivity contribution < 1.29 is 27.9 Å². The van der Waals surface area contributed by atoms with Crippen molar-refractivity contribution in [3.05, 3.63) is 14.7 Å². The van der Waals surface area contributed by atoms with Gasteiger partial charge >= 0.3 is 18.1 Å². The van der Waals surface area contributed by atoms with E-state index in [1.807, 2.05) is 0 Å². The number of carboxylic acids is 1. The predicted molar refractivity (Wildman–Crippen MR) is 53.7 cm³/mol.